The van der Waals surface area contributed by atoms with Crippen LogP contribution in [-0.4, -0.2) is 20.2 Å². The summed E-state index contributed by atoms with van der Waals surface area (Å²) in [4.78, 5) is 20.3. The number of nitrogens with zero attached hydrogens (tertiary/aromatic N) is 3. The monoisotopic (exact) mass is 350 g/mol. The minimum Gasteiger partial charge on any atom is -0.297 e. The fourth-order valence-electron chi connectivity index (χ4n) is 1.85. The Hall–Kier alpha value is -2.81. The Bertz CT molecular complexity index is 847. The summed E-state index contributed by atoms with van der Waals surface area (Å²) in [5.41, 5.74) is -0.159. The highest BCUT2D eigenvalue weighted by molar-refractivity contribution is 7.10. The molecule has 3 aromatic rings. The molecule has 0 unspecified atom stereocenters. The number of halogens is 3. The van der Waals surface area contributed by atoms with Gasteiger partial charge in [0.2, 0.25) is 5.13 Å². The molecule has 1 N–H and O–H groups in total. The second-order valence-electron chi connectivity index (χ2n) is 4.67. The first kappa shape index (κ1) is 16.1. The zero-order valence-electron chi connectivity index (χ0n) is 11.9. The van der Waals surface area contributed by atoms with E-state index in [1.807, 2.05) is 0 Å². The summed E-state index contributed by atoms with van der Waals surface area (Å²) in [5, 5.41) is 2.74. The van der Waals surface area contributed by atoms with Crippen LogP contribution >= 0.6 is 11.5 Å². The third-order valence-corrected chi connectivity index (χ3v) is 3.65. The Labute approximate surface area is 138 Å². The van der Waals surface area contributed by atoms with Crippen LogP contribution in [0.15, 0.2) is 48.7 Å². The number of alkyl halides is 3. The molecule has 2 aromatic heterocycles. The van der Waals surface area contributed by atoms with Gasteiger partial charge in [0.05, 0.1) is 5.56 Å². The quantitative estimate of drug-likeness (QED) is 0.779. The van der Waals surface area contributed by atoms with Crippen LogP contribution in [0.25, 0.3) is 11.5 Å². The largest absolute Gasteiger partial charge is 0.416 e. The maximum Gasteiger partial charge on any atom is 0.416 e. The highest BCUT2D eigenvalue weighted by Crippen LogP contribution is 2.29. The Balaban J connectivity index is 1.72. The van der Waals surface area contributed by atoms with Crippen molar-refractivity contribution >= 4 is 22.6 Å². The van der Waals surface area contributed by atoms with Crippen LogP contribution in [0.3, 0.4) is 0 Å². The molecule has 0 radical (unpaired) electrons. The first-order valence-corrected chi connectivity index (χ1v) is 7.44. The summed E-state index contributed by atoms with van der Waals surface area (Å²) in [5.74, 6) is -0.198. The molecule has 0 aliphatic rings. The van der Waals surface area contributed by atoms with Crippen LogP contribution in [0.5, 0.6) is 0 Å². The number of hydrogen-bond donors (Lipinski definition) is 1. The molecular weight excluding hydrogens is 341 g/mol. The van der Waals surface area contributed by atoms with E-state index >= 15 is 0 Å². The molecule has 9 heteroatoms. The lowest BCUT2D eigenvalue weighted by molar-refractivity contribution is -0.137. The van der Waals surface area contributed by atoms with Gasteiger partial charge in [0, 0.05) is 23.3 Å². The molecule has 24 heavy (non-hydrogen) atoms. The summed E-state index contributed by atoms with van der Waals surface area (Å²) < 4.78 is 41.6. The molecular formula is C15H9F3N4OS. The van der Waals surface area contributed by atoms with Crippen LogP contribution in [0.4, 0.5) is 18.3 Å². The number of pyridine rings is 1. The van der Waals surface area contributed by atoms with Gasteiger partial charge in [-0.2, -0.15) is 22.5 Å². The fourth-order valence-corrected chi connectivity index (χ4v) is 2.43. The Kier molecular flexibility index (Phi) is 4.26. The van der Waals surface area contributed by atoms with E-state index in [1.165, 1.54) is 0 Å². The molecule has 0 atom stereocenters. The maximum atomic E-state index is 12.5. The number of aromatic nitrogens is 3. The Morgan fingerprint density at radius 3 is 2.46 bits per heavy atom. The standard InChI is InChI=1S/C15H9F3N4OS/c16-15(17,18)10-6-4-9(5-7-10)13(23)21-14-20-12(22-24-14)11-3-1-2-8-19-11/h1-8H,(H,20,21,22,23). The predicted octanol–water partition coefficient (Wildman–Crippen LogP) is 3.87. The van der Waals surface area contributed by atoms with Gasteiger partial charge in [0.25, 0.3) is 5.91 Å². The first-order valence-electron chi connectivity index (χ1n) is 6.67. The molecule has 0 spiro atoms. The minimum absolute atomic E-state index is 0.0950. The number of benzene rings is 1. The molecule has 0 aliphatic heterocycles. The number of nitrogens with one attached hydrogen (secondary N) is 1. The minimum atomic E-state index is -4.44. The number of carbonyl (C=O) groups excluding carboxylic acids is 1. The van der Waals surface area contributed by atoms with Crippen LogP contribution in [0.2, 0.25) is 0 Å². The molecule has 0 fully saturated rings. The van der Waals surface area contributed by atoms with Crippen LogP contribution in [0.1, 0.15) is 15.9 Å². The zero-order valence-corrected chi connectivity index (χ0v) is 12.7. The Morgan fingerprint density at radius 1 is 1.08 bits per heavy atom. The number of carbonyl (C=O) groups is 1. The maximum absolute atomic E-state index is 12.5. The summed E-state index contributed by atoms with van der Waals surface area (Å²) in [6.45, 7) is 0. The van der Waals surface area contributed by atoms with Crippen molar-refractivity contribution in [2.75, 3.05) is 5.32 Å². The van der Waals surface area contributed by atoms with E-state index in [4.69, 9.17) is 0 Å². The molecule has 1 amide bonds. The smallest absolute Gasteiger partial charge is 0.297 e. The summed E-state index contributed by atoms with van der Waals surface area (Å²) in [6.07, 6.45) is -2.84. The van der Waals surface area contributed by atoms with Gasteiger partial charge in [0.1, 0.15) is 5.69 Å². The second kappa shape index (κ2) is 6.36. The molecule has 0 saturated heterocycles. The SMILES string of the molecule is O=C(Nc1nc(-c2ccccn2)ns1)c1ccc(C(F)(F)F)cc1. The van der Waals surface area contributed by atoms with E-state index in [1.54, 1.807) is 24.4 Å². The molecule has 0 aliphatic carbocycles. The Morgan fingerprint density at radius 2 is 1.83 bits per heavy atom. The normalized spacial score (nSPS) is 11.3. The van der Waals surface area contributed by atoms with Crippen molar-refractivity contribution in [2.24, 2.45) is 0 Å². The van der Waals surface area contributed by atoms with E-state index in [2.05, 4.69) is 19.7 Å². The van der Waals surface area contributed by atoms with Gasteiger partial charge in [-0.05, 0) is 36.4 Å². The van der Waals surface area contributed by atoms with E-state index in [9.17, 15) is 18.0 Å². The number of anilines is 1. The summed E-state index contributed by atoms with van der Waals surface area (Å²) in [6, 6.07) is 9.19. The lowest BCUT2D eigenvalue weighted by Crippen LogP contribution is -2.12. The molecule has 0 saturated carbocycles. The van der Waals surface area contributed by atoms with E-state index in [-0.39, 0.29) is 10.7 Å². The van der Waals surface area contributed by atoms with Crippen molar-refractivity contribution in [3.8, 4) is 11.5 Å². The van der Waals surface area contributed by atoms with Gasteiger partial charge in [-0.1, -0.05) is 6.07 Å². The number of rotatable bonds is 3. The molecule has 5 nitrogen and oxygen atoms in total. The van der Waals surface area contributed by atoms with E-state index in [0.29, 0.717) is 11.5 Å². The molecule has 1 aromatic carbocycles. The summed E-state index contributed by atoms with van der Waals surface area (Å²) in [7, 11) is 0. The average Bonchev–Trinajstić information content (AvgIpc) is 3.03. The fraction of sp³-hybridized carbons (Fsp3) is 0.0667. The van der Waals surface area contributed by atoms with Crippen molar-refractivity contribution in [1.82, 2.24) is 14.3 Å². The van der Waals surface area contributed by atoms with Crippen molar-refractivity contribution < 1.29 is 18.0 Å². The number of amides is 1. The topological polar surface area (TPSA) is 67.8 Å². The molecule has 122 valence electrons. The van der Waals surface area contributed by atoms with Crippen LogP contribution in [0, 0.1) is 0 Å². The molecule has 3 rings (SSSR count). The highest BCUT2D eigenvalue weighted by Gasteiger charge is 2.30. The molecule has 0 bridgehead atoms. The van der Waals surface area contributed by atoms with Gasteiger partial charge in [-0.15, -0.1) is 0 Å². The van der Waals surface area contributed by atoms with Gasteiger partial charge in [-0.25, -0.2) is 0 Å². The predicted molar refractivity (Wildman–Crippen MR) is 82.5 cm³/mol. The van der Waals surface area contributed by atoms with Gasteiger partial charge in [-0.3, -0.25) is 15.1 Å². The van der Waals surface area contributed by atoms with Crippen molar-refractivity contribution in [2.45, 2.75) is 6.18 Å². The van der Waals surface area contributed by atoms with Crippen LogP contribution in [-0.2, 0) is 6.18 Å². The third kappa shape index (κ3) is 3.57. The van der Waals surface area contributed by atoms with Gasteiger partial charge >= 0.3 is 6.18 Å². The van der Waals surface area contributed by atoms with Gasteiger partial charge < -0.3 is 0 Å². The first-order chi connectivity index (χ1) is 11.4. The zero-order chi connectivity index (χ0) is 17.2. The van der Waals surface area contributed by atoms with Gasteiger partial charge in [0.15, 0.2) is 5.82 Å². The van der Waals surface area contributed by atoms with Crippen LogP contribution < -0.4 is 5.32 Å². The van der Waals surface area contributed by atoms with Crippen molar-refractivity contribution in [3.05, 3.63) is 59.8 Å². The average molecular weight is 350 g/mol. The second-order valence-corrected chi connectivity index (χ2v) is 5.42. The third-order valence-electron chi connectivity index (χ3n) is 3.01. The molecule has 2 heterocycles. The lowest BCUT2D eigenvalue weighted by atomic mass is 10.1. The number of hydrogen-bond acceptors (Lipinski definition) is 5. The van der Waals surface area contributed by atoms with E-state index in [0.717, 1.165) is 35.8 Å². The summed E-state index contributed by atoms with van der Waals surface area (Å²) >= 11 is 0.962. The van der Waals surface area contributed by atoms with Crippen molar-refractivity contribution in [3.63, 3.8) is 0 Å². The van der Waals surface area contributed by atoms with E-state index < -0.39 is 17.6 Å². The lowest BCUT2D eigenvalue weighted by Gasteiger charge is -2.07. The van der Waals surface area contributed by atoms with Crippen molar-refractivity contribution in [1.29, 1.82) is 0 Å². The highest BCUT2D eigenvalue weighted by atomic mass is 32.1.